The van der Waals surface area contributed by atoms with Gasteiger partial charge in [-0.2, -0.15) is 22.9 Å². The van der Waals surface area contributed by atoms with E-state index in [0.717, 1.165) is 16.8 Å². The Morgan fingerprint density at radius 3 is 2.44 bits per heavy atom. The highest BCUT2D eigenvalue weighted by atomic mass is 79.9. The van der Waals surface area contributed by atoms with Crippen LogP contribution in [-0.2, 0) is 11.0 Å². The summed E-state index contributed by atoms with van der Waals surface area (Å²) in [5.41, 5.74) is -0.0560. The fourth-order valence-electron chi connectivity index (χ4n) is 4.32. The molecule has 0 unspecified atom stereocenters. The number of aromatic nitrogens is 2. The first-order chi connectivity index (χ1) is 21.6. The molecule has 45 heavy (non-hydrogen) atoms. The molecule has 0 spiro atoms. The molecule has 1 N–H and O–H groups in total. The number of benzene rings is 4. The Labute approximate surface area is 271 Å². The maximum absolute atomic E-state index is 13.6. The molecular weight excluding hydrogens is 721 g/mol. The fraction of sp³-hybridized carbons (Fsp3) is 0.125. The van der Waals surface area contributed by atoms with Crippen LogP contribution >= 0.6 is 31.9 Å². The summed E-state index contributed by atoms with van der Waals surface area (Å²) < 4.78 is 54.0. The molecule has 0 atom stereocenters. The van der Waals surface area contributed by atoms with Crippen molar-refractivity contribution in [3.8, 4) is 22.9 Å². The second-order valence-electron chi connectivity index (χ2n) is 9.45. The number of carbonyl (C=O) groups excluding carboxylic acids is 1. The normalized spacial score (nSPS) is 11.6. The predicted octanol–water partition coefficient (Wildman–Crippen LogP) is 7.91. The molecule has 8 nitrogen and oxygen atoms in total. The molecule has 4 aromatic carbocycles. The topological polar surface area (TPSA) is 94.8 Å². The molecule has 0 saturated carbocycles. The smallest absolute Gasteiger partial charge is 0.416 e. The Hall–Kier alpha value is -4.49. The van der Waals surface area contributed by atoms with Gasteiger partial charge in [0.1, 0.15) is 0 Å². The molecule has 0 radical (unpaired) electrons. The summed E-state index contributed by atoms with van der Waals surface area (Å²) in [6.07, 6.45) is -3.25. The number of anilines is 1. The van der Waals surface area contributed by atoms with E-state index in [1.807, 2.05) is 6.07 Å². The largest absolute Gasteiger partial charge is 0.490 e. The van der Waals surface area contributed by atoms with E-state index in [1.54, 1.807) is 61.5 Å². The van der Waals surface area contributed by atoms with Crippen LogP contribution in [0.3, 0.4) is 0 Å². The van der Waals surface area contributed by atoms with Gasteiger partial charge in [-0.05, 0) is 81.2 Å². The van der Waals surface area contributed by atoms with Gasteiger partial charge in [-0.15, -0.1) is 0 Å². The summed E-state index contributed by atoms with van der Waals surface area (Å²) in [5, 5.41) is 7.35. The first-order valence-electron chi connectivity index (χ1n) is 13.4. The zero-order chi connectivity index (χ0) is 32.1. The Morgan fingerprint density at radius 1 is 0.978 bits per heavy atom. The quantitative estimate of drug-likeness (QED) is 0.155. The van der Waals surface area contributed by atoms with E-state index in [1.165, 1.54) is 18.3 Å². The van der Waals surface area contributed by atoms with Crippen molar-refractivity contribution in [3.05, 3.63) is 115 Å². The lowest BCUT2D eigenvalue weighted by Crippen LogP contribution is -2.21. The van der Waals surface area contributed by atoms with Crippen LogP contribution in [0.2, 0.25) is 0 Å². The number of para-hydroxylation sites is 2. The summed E-state index contributed by atoms with van der Waals surface area (Å²) in [5.74, 6) is 0.0650. The first-order valence-corrected chi connectivity index (χ1v) is 15.0. The zero-order valence-electron chi connectivity index (χ0n) is 23.4. The van der Waals surface area contributed by atoms with Crippen LogP contribution in [-0.4, -0.2) is 35.0 Å². The maximum Gasteiger partial charge on any atom is 0.416 e. The molecule has 0 aliphatic heterocycles. The number of alkyl halides is 3. The molecule has 13 heteroatoms. The third-order valence-electron chi connectivity index (χ3n) is 6.38. The lowest BCUT2D eigenvalue weighted by molar-refractivity contribution is -0.137. The SMILES string of the molecule is CCOc1cc(C=Nn2c(-c3cccc(C(F)(F)F)c3)nc3ccccc3c2=O)c(Br)c(Br)c1OCC(=O)Nc1ccccc1. The van der Waals surface area contributed by atoms with Gasteiger partial charge in [-0.1, -0.05) is 42.5 Å². The van der Waals surface area contributed by atoms with Gasteiger partial charge in [0, 0.05) is 21.3 Å². The van der Waals surface area contributed by atoms with Crippen molar-refractivity contribution in [1.29, 1.82) is 0 Å². The minimum absolute atomic E-state index is 0.0533. The van der Waals surface area contributed by atoms with Crippen molar-refractivity contribution in [1.82, 2.24) is 9.66 Å². The van der Waals surface area contributed by atoms with E-state index in [0.29, 0.717) is 25.7 Å². The summed E-state index contributed by atoms with van der Waals surface area (Å²) in [4.78, 5) is 30.6. The monoisotopic (exact) mass is 742 g/mol. The number of nitrogens with zero attached hydrogens (tertiary/aromatic N) is 3. The number of hydrogen-bond donors (Lipinski definition) is 1. The fourth-order valence-corrected chi connectivity index (χ4v) is 5.26. The van der Waals surface area contributed by atoms with Crippen molar-refractivity contribution in [3.63, 3.8) is 0 Å². The van der Waals surface area contributed by atoms with E-state index < -0.39 is 17.3 Å². The van der Waals surface area contributed by atoms with Gasteiger partial charge in [0.2, 0.25) is 0 Å². The van der Waals surface area contributed by atoms with Crippen LogP contribution in [0, 0.1) is 0 Å². The maximum atomic E-state index is 13.6. The number of hydrogen-bond acceptors (Lipinski definition) is 6. The van der Waals surface area contributed by atoms with E-state index >= 15 is 0 Å². The van der Waals surface area contributed by atoms with Gasteiger partial charge < -0.3 is 14.8 Å². The van der Waals surface area contributed by atoms with E-state index in [4.69, 9.17) is 9.47 Å². The second kappa shape index (κ2) is 13.7. The number of ether oxygens (including phenoxy) is 2. The second-order valence-corrected chi connectivity index (χ2v) is 11.0. The number of nitrogens with one attached hydrogen (secondary N) is 1. The van der Waals surface area contributed by atoms with Gasteiger partial charge in [0.05, 0.1) is 33.8 Å². The van der Waals surface area contributed by atoms with E-state index in [-0.39, 0.29) is 47.4 Å². The van der Waals surface area contributed by atoms with Crippen LogP contribution in [0.1, 0.15) is 18.1 Å². The van der Waals surface area contributed by atoms with Crippen molar-refractivity contribution in [2.24, 2.45) is 5.10 Å². The van der Waals surface area contributed by atoms with E-state index in [2.05, 4.69) is 47.3 Å². The van der Waals surface area contributed by atoms with Crippen LogP contribution in [0.25, 0.3) is 22.3 Å². The van der Waals surface area contributed by atoms with Gasteiger partial charge in [0.15, 0.2) is 23.9 Å². The Kier molecular flexibility index (Phi) is 9.68. The van der Waals surface area contributed by atoms with Gasteiger partial charge in [-0.3, -0.25) is 9.59 Å². The number of halogens is 5. The third-order valence-corrected chi connectivity index (χ3v) is 8.52. The highest BCUT2D eigenvalue weighted by Gasteiger charge is 2.31. The van der Waals surface area contributed by atoms with Crippen molar-refractivity contribution >= 4 is 60.6 Å². The van der Waals surface area contributed by atoms with Crippen molar-refractivity contribution in [2.75, 3.05) is 18.5 Å². The lowest BCUT2D eigenvalue weighted by Gasteiger charge is -2.16. The highest BCUT2D eigenvalue weighted by molar-refractivity contribution is 9.13. The molecule has 0 saturated heterocycles. The first kappa shape index (κ1) is 31.9. The Morgan fingerprint density at radius 2 is 1.71 bits per heavy atom. The molecule has 1 aromatic heterocycles. The van der Waals surface area contributed by atoms with Crippen LogP contribution in [0.5, 0.6) is 11.5 Å². The highest BCUT2D eigenvalue weighted by Crippen LogP contribution is 2.42. The molecule has 1 heterocycles. The van der Waals surface area contributed by atoms with Crippen LogP contribution in [0.4, 0.5) is 18.9 Å². The molecule has 1 amide bonds. The zero-order valence-corrected chi connectivity index (χ0v) is 26.6. The average molecular weight is 744 g/mol. The Bertz CT molecular complexity index is 1970. The van der Waals surface area contributed by atoms with Gasteiger partial charge in [-0.25, -0.2) is 4.98 Å². The molecule has 5 rings (SSSR count). The summed E-state index contributed by atoms with van der Waals surface area (Å²) in [6, 6.07) is 21.5. The number of rotatable bonds is 9. The van der Waals surface area contributed by atoms with Gasteiger partial charge in [0.25, 0.3) is 11.5 Å². The van der Waals surface area contributed by atoms with Gasteiger partial charge >= 0.3 is 6.18 Å². The van der Waals surface area contributed by atoms with Crippen molar-refractivity contribution < 1.29 is 27.4 Å². The van der Waals surface area contributed by atoms with E-state index in [9.17, 15) is 22.8 Å². The third kappa shape index (κ3) is 7.26. The predicted molar refractivity (Wildman–Crippen MR) is 173 cm³/mol. The summed E-state index contributed by atoms with van der Waals surface area (Å²) in [7, 11) is 0. The molecule has 230 valence electrons. The average Bonchev–Trinajstić information content (AvgIpc) is 3.02. The minimum atomic E-state index is -4.60. The standard InChI is InChI=1S/C32H23Br2F3N4O4/c1-2-44-25-16-20(27(33)28(34)29(25)45-18-26(42)39-22-11-4-3-5-12-22)17-38-41-30(19-9-8-10-21(15-19)32(35,36)37)40-24-14-7-6-13-23(24)31(41)43/h3-17H,2,18H2,1H3,(H,39,42). The lowest BCUT2D eigenvalue weighted by atomic mass is 10.1. The minimum Gasteiger partial charge on any atom is -0.490 e. The van der Waals surface area contributed by atoms with Crippen LogP contribution in [0.15, 0.2) is 104 Å². The molecule has 0 aliphatic carbocycles. The Balaban J connectivity index is 1.53. The number of amides is 1. The molecule has 0 bridgehead atoms. The van der Waals surface area contributed by atoms with Crippen LogP contribution < -0.4 is 20.3 Å². The molecule has 5 aromatic rings. The summed E-state index contributed by atoms with van der Waals surface area (Å²) in [6.45, 7) is 1.73. The molecule has 0 aliphatic rings. The van der Waals surface area contributed by atoms with Crippen molar-refractivity contribution in [2.45, 2.75) is 13.1 Å². The number of fused-ring (bicyclic) bond motifs is 1. The number of carbonyl (C=O) groups is 1. The summed E-state index contributed by atoms with van der Waals surface area (Å²) >= 11 is 6.99. The molecular formula is C32H23Br2F3N4O4. The molecule has 0 fully saturated rings.